The standard InChI is InChI=1S/C28H35N2O3S.CH4O3S/c1-28(2,3)33-27(31)20-32-23-12-18-26(19-13-23)34(24-14-8-21(9-15-24)29(4)5)25-16-10-22(11-17-25)30(6)7;1-5(2,3)4/h8-19H,20H2,1-7H3;1H3,(H,2,3,4)/q+1;/p-1. The number of nitrogens with zero attached hydrogens (tertiary/aromatic N) is 2. The molecule has 0 bridgehead atoms. The van der Waals surface area contributed by atoms with Crippen LogP contribution in [0.25, 0.3) is 0 Å². The lowest BCUT2D eigenvalue weighted by Gasteiger charge is -2.19. The average Bonchev–Trinajstić information content (AvgIpc) is 2.82. The smallest absolute Gasteiger partial charge is 0.344 e. The van der Waals surface area contributed by atoms with Crippen molar-refractivity contribution in [1.29, 1.82) is 0 Å². The molecule has 8 nitrogen and oxygen atoms in total. The van der Waals surface area contributed by atoms with Crippen molar-refractivity contribution in [2.45, 2.75) is 41.1 Å². The van der Waals surface area contributed by atoms with Crippen LogP contribution >= 0.6 is 0 Å². The molecule has 212 valence electrons. The SMILES string of the molecule is CN(C)c1ccc([S+](c2ccc(OCC(=O)OC(C)(C)C)cc2)c2ccc(N(C)C)cc2)cc1.CS(=O)(=O)[O-]. The first-order chi connectivity index (χ1) is 18.0. The lowest BCUT2D eigenvalue weighted by molar-refractivity contribution is -0.157. The highest BCUT2D eigenvalue weighted by Gasteiger charge is 2.29. The molecular weight excluding hydrogens is 536 g/mol. The summed E-state index contributed by atoms with van der Waals surface area (Å²) in [6, 6.07) is 25.4. The fraction of sp³-hybridized carbons (Fsp3) is 0.345. The highest BCUT2D eigenvalue weighted by atomic mass is 32.2. The molecule has 0 amide bonds. The maximum absolute atomic E-state index is 12.0. The van der Waals surface area contributed by atoms with Gasteiger partial charge in [-0.25, -0.2) is 13.2 Å². The van der Waals surface area contributed by atoms with Gasteiger partial charge in [0.15, 0.2) is 21.3 Å². The van der Waals surface area contributed by atoms with Crippen LogP contribution in [-0.4, -0.2) is 65.6 Å². The minimum absolute atomic E-state index is 0.111. The summed E-state index contributed by atoms with van der Waals surface area (Å²) in [5.74, 6) is 0.266. The summed E-state index contributed by atoms with van der Waals surface area (Å²) in [7, 11) is 3.99. The molecule has 0 aliphatic heterocycles. The minimum Gasteiger partial charge on any atom is -0.748 e. The summed E-state index contributed by atoms with van der Waals surface area (Å²) in [6.07, 6.45) is 0.604. The Kier molecular flexibility index (Phi) is 11.3. The number of carbonyl (C=O) groups excluding carboxylic acids is 1. The van der Waals surface area contributed by atoms with Crippen LogP contribution in [-0.2, 0) is 30.5 Å². The van der Waals surface area contributed by atoms with Crippen LogP contribution in [0.3, 0.4) is 0 Å². The molecule has 3 rings (SSSR count). The van der Waals surface area contributed by atoms with Crippen LogP contribution < -0.4 is 14.5 Å². The molecular formula is C29H38N2O6S2. The van der Waals surface area contributed by atoms with E-state index in [1.54, 1.807) is 0 Å². The Balaban J connectivity index is 0.000000976. The fourth-order valence-corrected chi connectivity index (χ4v) is 5.40. The average molecular weight is 575 g/mol. The van der Waals surface area contributed by atoms with Crippen molar-refractivity contribution >= 4 is 38.4 Å². The molecule has 39 heavy (non-hydrogen) atoms. The van der Waals surface area contributed by atoms with Gasteiger partial charge in [-0.3, -0.25) is 0 Å². The first-order valence-electron chi connectivity index (χ1n) is 12.2. The van der Waals surface area contributed by atoms with E-state index in [0.717, 1.165) is 0 Å². The molecule has 0 unspecified atom stereocenters. The number of benzene rings is 3. The molecule has 10 heteroatoms. The maximum Gasteiger partial charge on any atom is 0.344 e. The Morgan fingerprint density at radius 1 is 0.769 bits per heavy atom. The highest BCUT2D eigenvalue weighted by Crippen LogP contribution is 2.34. The predicted octanol–water partition coefficient (Wildman–Crippen LogP) is 4.80. The zero-order valence-corrected chi connectivity index (χ0v) is 25.4. The van der Waals surface area contributed by atoms with Gasteiger partial charge in [0.25, 0.3) is 0 Å². The summed E-state index contributed by atoms with van der Waals surface area (Å²) in [4.78, 5) is 19.8. The number of ether oxygens (including phenoxy) is 2. The lowest BCUT2D eigenvalue weighted by Crippen LogP contribution is -2.27. The number of hydrogen-bond acceptors (Lipinski definition) is 8. The zero-order valence-electron chi connectivity index (χ0n) is 23.8. The van der Waals surface area contributed by atoms with Gasteiger partial charge < -0.3 is 23.8 Å². The van der Waals surface area contributed by atoms with Crippen LogP contribution in [0.4, 0.5) is 11.4 Å². The van der Waals surface area contributed by atoms with Crippen molar-refractivity contribution in [3.8, 4) is 5.75 Å². The molecule has 0 radical (unpaired) electrons. The number of esters is 1. The molecule has 0 aliphatic rings. The van der Waals surface area contributed by atoms with Gasteiger partial charge >= 0.3 is 5.97 Å². The highest BCUT2D eigenvalue weighted by molar-refractivity contribution is 7.97. The number of rotatable bonds is 8. The summed E-state index contributed by atoms with van der Waals surface area (Å²) in [6.45, 7) is 5.42. The van der Waals surface area contributed by atoms with Crippen molar-refractivity contribution < 1.29 is 27.2 Å². The molecule has 3 aromatic rings. The van der Waals surface area contributed by atoms with Crippen LogP contribution in [0.1, 0.15) is 20.8 Å². The molecule has 0 spiro atoms. The Morgan fingerprint density at radius 3 is 1.41 bits per heavy atom. The van der Waals surface area contributed by atoms with E-state index in [1.165, 1.54) is 26.1 Å². The Bertz CT molecular complexity index is 1240. The summed E-state index contributed by atoms with van der Waals surface area (Å²) in [5.41, 5.74) is 1.81. The molecule has 0 heterocycles. The van der Waals surface area contributed by atoms with E-state index in [0.29, 0.717) is 12.0 Å². The van der Waals surface area contributed by atoms with Crippen molar-refractivity contribution in [2.75, 3.05) is 50.9 Å². The van der Waals surface area contributed by atoms with Gasteiger partial charge in [-0.05, 0) is 93.6 Å². The molecule has 0 aliphatic carbocycles. The van der Waals surface area contributed by atoms with Crippen molar-refractivity contribution in [3.05, 3.63) is 72.8 Å². The fourth-order valence-electron chi connectivity index (χ4n) is 3.35. The molecule has 0 saturated carbocycles. The third-order valence-corrected chi connectivity index (χ3v) is 7.24. The van der Waals surface area contributed by atoms with E-state index in [9.17, 15) is 4.79 Å². The predicted molar refractivity (Wildman–Crippen MR) is 157 cm³/mol. The van der Waals surface area contributed by atoms with Gasteiger partial charge in [-0.2, -0.15) is 0 Å². The molecule has 0 atom stereocenters. The van der Waals surface area contributed by atoms with Gasteiger partial charge in [-0.15, -0.1) is 0 Å². The number of carbonyl (C=O) groups is 1. The van der Waals surface area contributed by atoms with E-state index in [2.05, 4.69) is 70.5 Å². The van der Waals surface area contributed by atoms with Crippen molar-refractivity contribution in [3.63, 3.8) is 0 Å². The van der Waals surface area contributed by atoms with Crippen LogP contribution in [0.5, 0.6) is 5.75 Å². The number of anilines is 2. The number of hydrogen-bond donors (Lipinski definition) is 0. The Morgan fingerprint density at radius 2 is 1.10 bits per heavy atom. The second-order valence-corrected chi connectivity index (χ2v) is 13.6. The van der Waals surface area contributed by atoms with Gasteiger partial charge in [-0.1, -0.05) is 0 Å². The summed E-state index contributed by atoms with van der Waals surface area (Å²) < 4.78 is 38.2. The first kappa shape index (κ1) is 32.0. The van der Waals surface area contributed by atoms with Gasteiger partial charge in [0.2, 0.25) is 0 Å². The van der Waals surface area contributed by atoms with E-state index < -0.39 is 15.7 Å². The minimum atomic E-state index is -3.92. The van der Waals surface area contributed by atoms with Crippen LogP contribution in [0.15, 0.2) is 87.5 Å². The van der Waals surface area contributed by atoms with Gasteiger partial charge in [0.1, 0.15) is 11.4 Å². The van der Waals surface area contributed by atoms with Crippen molar-refractivity contribution in [1.82, 2.24) is 0 Å². The normalized spacial score (nSPS) is 11.3. The quantitative estimate of drug-likeness (QED) is 0.215. The molecule has 0 N–H and O–H groups in total. The first-order valence-corrected chi connectivity index (χ1v) is 15.2. The molecule has 3 aromatic carbocycles. The lowest BCUT2D eigenvalue weighted by atomic mass is 10.2. The molecule has 0 fully saturated rings. The zero-order chi connectivity index (χ0) is 29.4. The van der Waals surface area contributed by atoms with Crippen LogP contribution in [0.2, 0.25) is 0 Å². The van der Waals surface area contributed by atoms with E-state index >= 15 is 0 Å². The second kappa shape index (κ2) is 13.7. The third-order valence-electron chi connectivity index (χ3n) is 5.01. The summed E-state index contributed by atoms with van der Waals surface area (Å²) in [5, 5.41) is 0. The topological polar surface area (TPSA) is 99.2 Å². The van der Waals surface area contributed by atoms with E-state index in [1.807, 2.05) is 61.1 Å². The van der Waals surface area contributed by atoms with Crippen LogP contribution in [0, 0.1) is 0 Å². The monoisotopic (exact) mass is 574 g/mol. The second-order valence-electron chi connectivity index (χ2n) is 10.1. The molecule has 0 saturated heterocycles. The van der Waals surface area contributed by atoms with Gasteiger partial charge in [0.05, 0.1) is 21.0 Å². The Hall–Kier alpha value is -3.21. The largest absolute Gasteiger partial charge is 0.748 e. The Labute approximate surface area is 235 Å². The van der Waals surface area contributed by atoms with Gasteiger partial charge in [0, 0.05) is 45.8 Å². The third kappa shape index (κ3) is 11.6. The van der Waals surface area contributed by atoms with Crippen molar-refractivity contribution in [2.24, 2.45) is 0 Å². The van der Waals surface area contributed by atoms with E-state index in [4.69, 9.17) is 22.4 Å². The molecule has 0 aromatic heterocycles. The maximum atomic E-state index is 12.0. The summed E-state index contributed by atoms with van der Waals surface area (Å²) >= 11 is 0. The van der Waals surface area contributed by atoms with E-state index in [-0.39, 0.29) is 23.5 Å².